The molecule has 2 amide bonds. The van der Waals surface area contributed by atoms with Crippen molar-refractivity contribution in [2.24, 2.45) is 7.05 Å². The van der Waals surface area contributed by atoms with E-state index in [0.29, 0.717) is 5.56 Å². The molecule has 3 N–H and O–H groups in total. The Balaban J connectivity index is 1.78. The molecule has 1 aromatic heterocycles. The Morgan fingerprint density at radius 3 is 2.47 bits per heavy atom. The minimum atomic E-state index is -0.725. The molecule has 0 aliphatic carbocycles. The van der Waals surface area contributed by atoms with Crippen LogP contribution in [0, 0.1) is 6.92 Å². The second-order valence-corrected chi connectivity index (χ2v) is 8.00. The quantitative estimate of drug-likeness (QED) is 0.440. The molecule has 34 heavy (non-hydrogen) atoms. The number of hydrogen-bond donors (Lipinski definition) is 3. The molecular formula is C26H29N3O5. The summed E-state index contributed by atoms with van der Waals surface area (Å²) in [6.07, 6.45) is 2.07. The molecule has 3 aromatic rings. The molecule has 1 heterocycles. The van der Waals surface area contributed by atoms with Crippen LogP contribution in [-0.4, -0.2) is 28.3 Å². The summed E-state index contributed by atoms with van der Waals surface area (Å²) in [4.78, 5) is 37.1. The zero-order chi connectivity index (χ0) is 24.7. The molecule has 0 bridgehead atoms. The van der Waals surface area contributed by atoms with Gasteiger partial charge in [0, 0.05) is 13.2 Å². The maximum Gasteiger partial charge on any atom is 0.319 e. The van der Waals surface area contributed by atoms with E-state index in [2.05, 4.69) is 29.7 Å². The number of urea groups is 1. The average Bonchev–Trinajstić information content (AvgIpc) is 2.81. The molecule has 8 nitrogen and oxygen atoms in total. The number of carbonyl (C=O) groups excluding carboxylic acids is 2. The molecule has 0 radical (unpaired) electrons. The SMILES string of the molecule is CCOC(=O)CC(NC(=O)Nc1c(O)ccn(C)c1=O)c1ccc(Cc2ccccc2C)cc1. The summed E-state index contributed by atoms with van der Waals surface area (Å²) in [7, 11) is 1.51. The van der Waals surface area contributed by atoms with Crippen molar-refractivity contribution in [2.45, 2.75) is 32.7 Å². The molecule has 0 spiro atoms. The predicted octanol–water partition coefficient (Wildman–Crippen LogP) is 3.81. The number of anilines is 1. The van der Waals surface area contributed by atoms with E-state index < -0.39 is 23.6 Å². The fraction of sp³-hybridized carbons (Fsp3) is 0.269. The number of aromatic hydroxyl groups is 1. The van der Waals surface area contributed by atoms with E-state index in [1.165, 1.54) is 35.0 Å². The normalized spacial score (nSPS) is 11.5. The molecule has 3 rings (SSSR count). The molecule has 0 fully saturated rings. The number of pyridine rings is 1. The van der Waals surface area contributed by atoms with Crippen LogP contribution in [-0.2, 0) is 23.0 Å². The van der Waals surface area contributed by atoms with E-state index in [4.69, 9.17) is 4.74 Å². The second kappa shape index (κ2) is 11.2. The number of ether oxygens (including phenoxy) is 1. The number of benzene rings is 2. The summed E-state index contributed by atoms with van der Waals surface area (Å²) in [6, 6.07) is 15.7. The number of esters is 1. The molecule has 0 saturated heterocycles. The van der Waals surface area contributed by atoms with Crippen LogP contribution in [0.3, 0.4) is 0 Å². The number of aromatic nitrogens is 1. The van der Waals surface area contributed by atoms with Gasteiger partial charge in [0.15, 0.2) is 5.69 Å². The number of hydrogen-bond acceptors (Lipinski definition) is 5. The van der Waals surface area contributed by atoms with Crippen LogP contribution in [0.5, 0.6) is 5.75 Å². The van der Waals surface area contributed by atoms with E-state index in [0.717, 1.165) is 12.0 Å². The van der Waals surface area contributed by atoms with Crippen LogP contribution in [0.2, 0.25) is 0 Å². The molecule has 1 atom stereocenters. The van der Waals surface area contributed by atoms with Crippen LogP contribution in [0.25, 0.3) is 0 Å². The van der Waals surface area contributed by atoms with Crippen molar-refractivity contribution in [1.29, 1.82) is 0 Å². The first-order valence-electron chi connectivity index (χ1n) is 11.0. The third-order valence-electron chi connectivity index (χ3n) is 5.50. The van der Waals surface area contributed by atoms with Gasteiger partial charge in [-0.05, 0) is 48.6 Å². The van der Waals surface area contributed by atoms with Crippen molar-refractivity contribution < 1.29 is 19.4 Å². The fourth-order valence-corrected chi connectivity index (χ4v) is 3.58. The van der Waals surface area contributed by atoms with Gasteiger partial charge in [0.1, 0.15) is 5.75 Å². The predicted molar refractivity (Wildman–Crippen MR) is 130 cm³/mol. The van der Waals surface area contributed by atoms with Gasteiger partial charge in [0.25, 0.3) is 5.56 Å². The minimum Gasteiger partial charge on any atom is -0.505 e. The summed E-state index contributed by atoms with van der Waals surface area (Å²) in [5.74, 6) is -0.809. The molecule has 0 aliphatic rings. The first-order chi connectivity index (χ1) is 16.3. The van der Waals surface area contributed by atoms with E-state index in [1.807, 2.05) is 36.4 Å². The van der Waals surface area contributed by atoms with Crippen LogP contribution in [0.15, 0.2) is 65.6 Å². The highest BCUT2D eigenvalue weighted by Crippen LogP contribution is 2.22. The molecule has 8 heteroatoms. The number of rotatable bonds is 8. The van der Waals surface area contributed by atoms with Gasteiger partial charge in [-0.1, -0.05) is 48.5 Å². The first kappa shape index (κ1) is 24.6. The van der Waals surface area contributed by atoms with Gasteiger partial charge in [-0.25, -0.2) is 4.79 Å². The van der Waals surface area contributed by atoms with Gasteiger partial charge in [-0.15, -0.1) is 0 Å². The average molecular weight is 464 g/mol. The molecule has 0 aliphatic heterocycles. The number of nitrogens with zero attached hydrogens (tertiary/aromatic N) is 1. The molecule has 178 valence electrons. The van der Waals surface area contributed by atoms with Gasteiger partial charge >= 0.3 is 12.0 Å². The maximum atomic E-state index is 12.7. The Morgan fingerprint density at radius 2 is 1.79 bits per heavy atom. The Hall–Kier alpha value is -4.07. The van der Waals surface area contributed by atoms with Crippen LogP contribution in [0.1, 0.15) is 41.6 Å². The van der Waals surface area contributed by atoms with Crippen LogP contribution < -0.4 is 16.2 Å². The molecular weight excluding hydrogens is 434 g/mol. The standard InChI is InChI=1S/C26H29N3O5/c1-4-34-23(31)16-21(27-26(33)28-24-22(30)13-14-29(3)25(24)32)19-11-9-18(10-12-19)15-20-8-6-5-7-17(20)2/h5-14,21,30H,4,15-16H2,1-3H3,(H2,27,28,33). The highest BCUT2D eigenvalue weighted by Gasteiger charge is 2.21. The van der Waals surface area contributed by atoms with E-state index in [-0.39, 0.29) is 24.5 Å². The van der Waals surface area contributed by atoms with Crippen molar-refractivity contribution >= 4 is 17.7 Å². The van der Waals surface area contributed by atoms with Gasteiger partial charge in [0.05, 0.1) is 19.1 Å². The number of nitrogens with one attached hydrogen (secondary N) is 2. The Bertz CT molecular complexity index is 1220. The van der Waals surface area contributed by atoms with Crippen molar-refractivity contribution in [1.82, 2.24) is 9.88 Å². The topological polar surface area (TPSA) is 110 Å². The molecule has 1 unspecified atom stereocenters. The Morgan fingerprint density at radius 1 is 1.09 bits per heavy atom. The monoisotopic (exact) mass is 463 g/mol. The second-order valence-electron chi connectivity index (χ2n) is 8.00. The maximum absolute atomic E-state index is 12.7. The van der Waals surface area contributed by atoms with Crippen molar-refractivity contribution in [3.63, 3.8) is 0 Å². The lowest BCUT2D eigenvalue weighted by molar-refractivity contribution is -0.143. The number of carbonyl (C=O) groups is 2. The first-order valence-corrected chi connectivity index (χ1v) is 11.0. The third-order valence-corrected chi connectivity index (χ3v) is 5.50. The lowest BCUT2D eigenvalue weighted by Crippen LogP contribution is -2.36. The Kier molecular flexibility index (Phi) is 8.08. The zero-order valence-electron chi connectivity index (χ0n) is 19.5. The van der Waals surface area contributed by atoms with Crippen molar-refractivity contribution in [3.05, 3.63) is 93.4 Å². The molecule has 2 aromatic carbocycles. The lowest BCUT2D eigenvalue weighted by atomic mass is 9.97. The minimum absolute atomic E-state index is 0.0861. The van der Waals surface area contributed by atoms with Gasteiger partial charge < -0.3 is 25.0 Å². The summed E-state index contributed by atoms with van der Waals surface area (Å²) >= 11 is 0. The van der Waals surface area contributed by atoms with Gasteiger partial charge in [-0.3, -0.25) is 9.59 Å². The van der Waals surface area contributed by atoms with Gasteiger partial charge in [0.2, 0.25) is 0 Å². The zero-order valence-corrected chi connectivity index (χ0v) is 19.5. The number of amides is 2. The van der Waals surface area contributed by atoms with Crippen LogP contribution in [0.4, 0.5) is 10.5 Å². The summed E-state index contributed by atoms with van der Waals surface area (Å²) < 4.78 is 6.29. The summed E-state index contributed by atoms with van der Waals surface area (Å²) in [6.45, 7) is 4.00. The van der Waals surface area contributed by atoms with Gasteiger partial charge in [-0.2, -0.15) is 0 Å². The van der Waals surface area contributed by atoms with Crippen molar-refractivity contribution in [3.8, 4) is 5.75 Å². The fourth-order valence-electron chi connectivity index (χ4n) is 3.58. The highest BCUT2D eigenvalue weighted by molar-refractivity contribution is 5.91. The largest absolute Gasteiger partial charge is 0.505 e. The smallest absolute Gasteiger partial charge is 0.319 e. The molecule has 0 saturated carbocycles. The number of aryl methyl sites for hydroxylation is 2. The van der Waals surface area contributed by atoms with E-state index in [9.17, 15) is 19.5 Å². The van der Waals surface area contributed by atoms with Crippen molar-refractivity contribution in [2.75, 3.05) is 11.9 Å². The Labute approximate surface area is 198 Å². The van der Waals surface area contributed by atoms with Crippen LogP contribution >= 0.6 is 0 Å². The summed E-state index contributed by atoms with van der Waals surface area (Å²) in [5, 5.41) is 15.1. The van der Waals surface area contributed by atoms with E-state index in [1.54, 1.807) is 6.92 Å². The summed E-state index contributed by atoms with van der Waals surface area (Å²) in [5.41, 5.74) is 3.43. The third kappa shape index (κ3) is 6.25. The highest BCUT2D eigenvalue weighted by atomic mass is 16.5. The lowest BCUT2D eigenvalue weighted by Gasteiger charge is -2.19. The van der Waals surface area contributed by atoms with E-state index >= 15 is 0 Å².